The van der Waals surface area contributed by atoms with E-state index >= 15 is 0 Å². The molecule has 0 amide bonds. The number of aryl methyl sites for hydroxylation is 2. The zero-order valence-corrected chi connectivity index (χ0v) is 18.6. The molecule has 1 N–H and O–H groups in total. The van der Waals surface area contributed by atoms with Gasteiger partial charge in [-0.1, -0.05) is 35.9 Å². The Morgan fingerprint density at radius 2 is 1.68 bits per heavy atom. The minimum atomic E-state index is -1.28. The zero-order valence-electron chi connectivity index (χ0n) is 17.8. The zero-order chi connectivity index (χ0) is 22.6. The molecule has 3 aromatic rings. The Balaban J connectivity index is 1.57. The van der Waals surface area contributed by atoms with Crippen LogP contribution in [0.15, 0.2) is 53.3 Å². The van der Waals surface area contributed by atoms with E-state index in [2.05, 4.69) is 5.10 Å². The van der Waals surface area contributed by atoms with Crippen molar-refractivity contribution in [2.24, 2.45) is 7.05 Å². The van der Waals surface area contributed by atoms with E-state index in [9.17, 15) is 9.59 Å². The number of carboxylic acid groups (broad SMARTS) is 1. The largest absolute Gasteiger partial charge is 0.478 e. The molecule has 31 heavy (non-hydrogen) atoms. The summed E-state index contributed by atoms with van der Waals surface area (Å²) in [6.07, 6.45) is 2.30. The number of carboxylic acids is 1. The molecule has 0 saturated carbocycles. The Kier molecular flexibility index (Phi) is 6.85. The fourth-order valence-electron chi connectivity index (χ4n) is 3.13. The molecule has 8 heteroatoms. The van der Waals surface area contributed by atoms with Crippen molar-refractivity contribution in [1.29, 1.82) is 0 Å². The number of nitrogens with zero attached hydrogens (tertiary/aromatic N) is 3. The number of aliphatic carboxylic acids is 1. The smallest absolute Gasteiger partial charge is 0.347 e. The van der Waals surface area contributed by atoms with Crippen LogP contribution in [0.25, 0.3) is 0 Å². The van der Waals surface area contributed by atoms with E-state index in [1.54, 1.807) is 35.9 Å². The SMILES string of the molecule is Cn1c(CCCc2ccc(OC(C)(C)C(=O)O)cc2)nn(Cc2ccc(Cl)cc2)c1=O. The molecule has 0 aliphatic rings. The van der Waals surface area contributed by atoms with E-state index in [1.165, 1.54) is 18.5 Å². The van der Waals surface area contributed by atoms with Gasteiger partial charge in [-0.3, -0.25) is 4.57 Å². The van der Waals surface area contributed by atoms with E-state index in [0.29, 0.717) is 23.7 Å². The first-order valence-electron chi connectivity index (χ1n) is 10.0. The van der Waals surface area contributed by atoms with Crippen LogP contribution in [0.2, 0.25) is 5.02 Å². The van der Waals surface area contributed by atoms with E-state index in [-0.39, 0.29) is 5.69 Å². The van der Waals surface area contributed by atoms with E-state index in [0.717, 1.165) is 29.8 Å². The van der Waals surface area contributed by atoms with Gasteiger partial charge in [0.05, 0.1) is 6.54 Å². The van der Waals surface area contributed by atoms with Crippen molar-refractivity contribution in [2.75, 3.05) is 0 Å². The summed E-state index contributed by atoms with van der Waals surface area (Å²) in [7, 11) is 1.74. The summed E-state index contributed by atoms with van der Waals surface area (Å²) in [4.78, 5) is 23.7. The Labute approximate surface area is 185 Å². The lowest BCUT2D eigenvalue weighted by Gasteiger charge is -2.21. The molecule has 0 saturated heterocycles. The van der Waals surface area contributed by atoms with Crippen LogP contribution in [0.4, 0.5) is 0 Å². The van der Waals surface area contributed by atoms with Crippen molar-refractivity contribution < 1.29 is 14.6 Å². The van der Waals surface area contributed by atoms with Gasteiger partial charge in [0.25, 0.3) is 0 Å². The molecular weight excluding hydrogens is 418 g/mol. The Morgan fingerprint density at radius 1 is 1.06 bits per heavy atom. The molecule has 0 unspecified atom stereocenters. The number of benzene rings is 2. The predicted octanol–water partition coefficient (Wildman–Crippen LogP) is 3.70. The molecule has 0 bridgehead atoms. The molecule has 0 atom stereocenters. The van der Waals surface area contributed by atoms with Gasteiger partial charge in [0.1, 0.15) is 11.6 Å². The van der Waals surface area contributed by atoms with E-state index in [1.807, 2.05) is 24.3 Å². The van der Waals surface area contributed by atoms with Gasteiger partial charge in [0.15, 0.2) is 5.60 Å². The second-order valence-corrected chi connectivity index (χ2v) is 8.39. The van der Waals surface area contributed by atoms with Gasteiger partial charge < -0.3 is 9.84 Å². The quantitative estimate of drug-likeness (QED) is 0.545. The minimum absolute atomic E-state index is 0.146. The van der Waals surface area contributed by atoms with Crippen LogP contribution in [0.1, 0.15) is 37.2 Å². The highest BCUT2D eigenvalue weighted by atomic mass is 35.5. The first-order chi connectivity index (χ1) is 14.7. The maximum absolute atomic E-state index is 12.5. The third-order valence-electron chi connectivity index (χ3n) is 5.05. The second kappa shape index (κ2) is 9.39. The topological polar surface area (TPSA) is 86.3 Å². The summed E-state index contributed by atoms with van der Waals surface area (Å²) in [6.45, 7) is 3.43. The Morgan fingerprint density at radius 3 is 2.29 bits per heavy atom. The van der Waals surface area contributed by atoms with Gasteiger partial charge in [-0.05, 0) is 62.1 Å². The molecule has 3 rings (SSSR count). The summed E-state index contributed by atoms with van der Waals surface area (Å²) in [5.41, 5.74) is 0.639. The number of ether oxygens (including phenoxy) is 1. The van der Waals surface area contributed by atoms with Gasteiger partial charge in [-0.15, -0.1) is 0 Å². The van der Waals surface area contributed by atoms with Crippen LogP contribution in [0, 0.1) is 0 Å². The molecule has 1 aromatic heterocycles. The lowest BCUT2D eigenvalue weighted by atomic mass is 10.1. The van der Waals surface area contributed by atoms with Crippen LogP contribution in [0.3, 0.4) is 0 Å². The third kappa shape index (κ3) is 5.76. The molecule has 0 radical (unpaired) electrons. The fourth-order valence-corrected chi connectivity index (χ4v) is 3.26. The summed E-state index contributed by atoms with van der Waals surface area (Å²) < 4.78 is 8.57. The molecular formula is C23H26ClN3O4. The minimum Gasteiger partial charge on any atom is -0.478 e. The average Bonchev–Trinajstić information content (AvgIpc) is 2.98. The average molecular weight is 444 g/mol. The highest BCUT2D eigenvalue weighted by Crippen LogP contribution is 2.20. The lowest BCUT2D eigenvalue weighted by Crippen LogP contribution is -2.37. The van der Waals surface area contributed by atoms with Gasteiger partial charge in [0, 0.05) is 18.5 Å². The highest BCUT2D eigenvalue weighted by Gasteiger charge is 2.29. The summed E-state index contributed by atoms with van der Waals surface area (Å²) >= 11 is 5.91. The number of carbonyl (C=O) groups is 1. The number of hydrogen-bond acceptors (Lipinski definition) is 4. The fraction of sp³-hybridized carbons (Fsp3) is 0.348. The first-order valence-corrected chi connectivity index (χ1v) is 10.4. The summed E-state index contributed by atoms with van der Waals surface area (Å²) in [5, 5.41) is 14.3. The third-order valence-corrected chi connectivity index (χ3v) is 5.31. The van der Waals surface area contributed by atoms with Crippen molar-refractivity contribution in [2.45, 2.75) is 45.3 Å². The number of aromatic nitrogens is 3. The van der Waals surface area contributed by atoms with Crippen molar-refractivity contribution in [1.82, 2.24) is 14.3 Å². The van der Waals surface area contributed by atoms with Crippen LogP contribution in [-0.2, 0) is 31.2 Å². The van der Waals surface area contributed by atoms with Gasteiger partial charge in [0.2, 0.25) is 0 Å². The van der Waals surface area contributed by atoms with E-state index in [4.69, 9.17) is 21.4 Å². The van der Waals surface area contributed by atoms with Crippen molar-refractivity contribution >= 4 is 17.6 Å². The maximum atomic E-state index is 12.5. The van der Waals surface area contributed by atoms with Gasteiger partial charge in [-0.2, -0.15) is 5.10 Å². The molecule has 0 fully saturated rings. The van der Waals surface area contributed by atoms with Crippen molar-refractivity contribution in [3.05, 3.63) is 81.0 Å². The summed E-state index contributed by atoms with van der Waals surface area (Å²) in [5.74, 6) is 0.235. The van der Waals surface area contributed by atoms with Crippen LogP contribution in [-0.4, -0.2) is 31.0 Å². The van der Waals surface area contributed by atoms with Gasteiger partial charge >= 0.3 is 11.7 Å². The van der Waals surface area contributed by atoms with Crippen LogP contribution in [0.5, 0.6) is 5.75 Å². The monoisotopic (exact) mass is 443 g/mol. The van der Waals surface area contributed by atoms with Crippen LogP contribution < -0.4 is 10.4 Å². The van der Waals surface area contributed by atoms with Crippen molar-refractivity contribution in [3.63, 3.8) is 0 Å². The number of hydrogen-bond donors (Lipinski definition) is 1. The normalized spacial score (nSPS) is 11.5. The molecule has 2 aromatic carbocycles. The standard InChI is InChI=1S/C23H26ClN3O4/c1-23(2,21(28)29)31-19-13-9-16(10-14-19)5-4-6-20-25-27(22(30)26(20)3)15-17-7-11-18(24)12-8-17/h7-14H,4-6,15H2,1-3H3,(H,28,29). The maximum Gasteiger partial charge on any atom is 0.347 e. The molecule has 1 heterocycles. The van der Waals surface area contributed by atoms with Gasteiger partial charge in [-0.25, -0.2) is 14.3 Å². The molecule has 164 valence electrons. The second-order valence-electron chi connectivity index (χ2n) is 7.96. The summed E-state index contributed by atoms with van der Waals surface area (Å²) in [6, 6.07) is 14.8. The Bertz CT molecular complexity index is 1100. The van der Waals surface area contributed by atoms with Crippen LogP contribution >= 0.6 is 11.6 Å². The highest BCUT2D eigenvalue weighted by molar-refractivity contribution is 6.30. The number of rotatable bonds is 9. The Hall–Kier alpha value is -3.06. The first kappa shape index (κ1) is 22.6. The molecule has 0 aliphatic heterocycles. The molecule has 7 nitrogen and oxygen atoms in total. The number of halogens is 1. The molecule has 0 aliphatic carbocycles. The van der Waals surface area contributed by atoms with Crippen molar-refractivity contribution in [3.8, 4) is 5.75 Å². The molecule has 0 spiro atoms. The predicted molar refractivity (Wildman–Crippen MR) is 119 cm³/mol. The lowest BCUT2D eigenvalue weighted by molar-refractivity contribution is -0.152. The van der Waals surface area contributed by atoms with E-state index < -0.39 is 11.6 Å².